The van der Waals surface area contributed by atoms with E-state index in [-0.39, 0.29) is 25.1 Å². The van der Waals surface area contributed by atoms with Crippen LogP contribution in [0, 0.1) is 5.92 Å². The lowest BCUT2D eigenvalue weighted by molar-refractivity contribution is 0.101. The van der Waals surface area contributed by atoms with E-state index in [0.29, 0.717) is 24.6 Å². The van der Waals surface area contributed by atoms with Crippen LogP contribution in [0.1, 0.15) is 12.8 Å². The summed E-state index contributed by atoms with van der Waals surface area (Å²) in [4.78, 5) is 12.5. The molecule has 6 nitrogen and oxygen atoms in total. The van der Waals surface area contributed by atoms with Gasteiger partial charge in [0.1, 0.15) is 18.0 Å². The first-order chi connectivity index (χ1) is 10.8. The van der Waals surface area contributed by atoms with E-state index >= 15 is 0 Å². The van der Waals surface area contributed by atoms with Crippen molar-refractivity contribution >= 4 is 11.6 Å². The number of nitrogens with one attached hydrogen (secondary N) is 1. The van der Waals surface area contributed by atoms with Gasteiger partial charge in [0.05, 0.1) is 6.10 Å². The number of aromatic nitrogens is 2. The molecule has 1 aromatic rings. The Morgan fingerprint density at radius 2 is 2.17 bits per heavy atom. The van der Waals surface area contributed by atoms with E-state index in [1.54, 1.807) is 6.07 Å². The van der Waals surface area contributed by atoms with Crippen LogP contribution in [0.2, 0.25) is 0 Å². The Labute approximate surface area is 134 Å². The highest BCUT2D eigenvalue weighted by molar-refractivity contribution is 5.50. The summed E-state index contributed by atoms with van der Waals surface area (Å²) in [6, 6.07) is 1.94. The monoisotopic (exact) mass is 327 g/mol. The normalized spacial score (nSPS) is 29.1. The van der Waals surface area contributed by atoms with Crippen molar-refractivity contribution in [1.82, 2.24) is 14.9 Å². The van der Waals surface area contributed by atoms with Crippen molar-refractivity contribution < 1.29 is 13.9 Å². The third kappa shape index (κ3) is 3.87. The van der Waals surface area contributed by atoms with Crippen LogP contribution in [-0.4, -0.2) is 71.8 Å². The Morgan fingerprint density at radius 1 is 1.43 bits per heavy atom. The SMILES string of the molecule is CN(C)C[C@H]1C[C@@H](O)CN1c1cc(NCC2CC2(F)F)ncn1. The smallest absolute Gasteiger partial charge is 0.253 e. The van der Waals surface area contributed by atoms with Crippen molar-refractivity contribution in [1.29, 1.82) is 0 Å². The third-order valence-electron chi connectivity index (χ3n) is 4.40. The number of hydrogen-bond acceptors (Lipinski definition) is 6. The maximum absolute atomic E-state index is 12.9. The van der Waals surface area contributed by atoms with Crippen LogP contribution in [-0.2, 0) is 0 Å². The molecule has 8 heteroatoms. The average Bonchev–Trinajstić information content (AvgIpc) is 2.92. The summed E-state index contributed by atoms with van der Waals surface area (Å²) in [5.41, 5.74) is 0. The van der Waals surface area contributed by atoms with Crippen LogP contribution in [0.5, 0.6) is 0 Å². The summed E-state index contributed by atoms with van der Waals surface area (Å²) in [5, 5.41) is 12.9. The molecule has 1 unspecified atom stereocenters. The van der Waals surface area contributed by atoms with Gasteiger partial charge >= 0.3 is 0 Å². The van der Waals surface area contributed by atoms with E-state index in [1.165, 1.54) is 6.33 Å². The molecule has 2 fully saturated rings. The molecule has 3 atom stereocenters. The fraction of sp³-hybridized carbons (Fsp3) is 0.733. The topological polar surface area (TPSA) is 64.5 Å². The zero-order chi connectivity index (χ0) is 16.6. The van der Waals surface area contributed by atoms with E-state index in [1.807, 2.05) is 14.1 Å². The van der Waals surface area contributed by atoms with Crippen LogP contribution in [0.25, 0.3) is 0 Å². The molecule has 0 bridgehead atoms. The molecule has 0 spiro atoms. The molecule has 1 aliphatic carbocycles. The number of nitrogens with zero attached hydrogens (tertiary/aromatic N) is 4. The van der Waals surface area contributed by atoms with Crippen LogP contribution in [0.4, 0.5) is 20.4 Å². The Bertz CT molecular complexity index is 556. The van der Waals surface area contributed by atoms with Gasteiger partial charge in [-0.2, -0.15) is 0 Å². The average molecular weight is 327 g/mol. The van der Waals surface area contributed by atoms with Gasteiger partial charge < -0.3 is 20.2 Å². The second-order valence-electron chi connectivity index (χ2n) is 6.76. The van der Waals surface area contributed by atoms with E-state index < -0.39 is 11.8 Å². The maximum Gasteiger partial charge on any atom is 0.253 e. The molecule has 128 valence electrons. The molecule has 1 saturated carbocycles. The molecule has 23 heavy (non-hydrogen) atoms. The van der Waals surface area contributed by atoms with Crippen molar-refractivity contribution in [2.45, 2.75) is 30.9 Å². The fourth-order valence-corrected chi connectivity index (χ4v) is 3.09. The molecule has 2 heterocycles. The minimum absolute atomic E-state index is 0.0544. The molecular formula is C15H23F2N5O. The van der Waals surface area contributed by atoms with E-state index in [4.69, 9.17) is 0 Å². The summed E-state index contributed by atoms with van der Waals surface area (Å²) in [6.07, 6.45) is 1.69. The molecule has 1 saturated heterocycles. The van der Waals surface area contributed by atoms with Gasteiger partial charge in [-0.3, -0.25) is 0 Å². The number of likely N-dealkylation sites (N-methyl/N-ethyl adjacent to an activating group) is 1. The first-order valence-corrected chi connectivity index (χ1v) is 7.88. The molecule has 0 amide bonds. The molecule has 2 aliphatic rings. The van der Waals surface area contributed by atoms with Crippen LogP contribution >= 0.6 is 0 Å². The van der Waals surface area contributed by atoms with Gasteiger partial charge in [0.2, 0.25) is 0 Å². The molecule has 2 N–H and O–H groups in total. The fourth-order valence-electron chi connectivity index (χ4n) is 3.09. The van der Waals surface area contributed by atoms with Gasteiger partial charge in [-0.15, -0.1) is 0 Å². The lowest BCUT2D eigenvalue weighted by Gasteiger charge is -2.27. The van der Waals surface area contributed by atoms with Gasteiger partial charge in [0, 0.05) is 44.1 Å². The Hall–Kier alpha value is -1.54. The third-order valence-corrected chi connectivity index (χ3v) is 4.40. The van der Waals surface area contributed by atoms with Gasteiger partial charge in [-0.1, -0.05) is 0 Å². The van der Waals surface area contributed by atoms with Crippen LogP contribution in [0.15, 0.2) is 12.4 Å². The molecule has 0 radical (unpaired) electrons. The Kier molecular flexibility index (Phi) is 4.37. The number of aliphatic hydroxyl groups is 1. The highest BCUT2D eigenvalue weighted by atomic mass is 19.3. The second kappa shape index (κ2) is 6.16. The molecule has 1 aliphatic heterocycles. The van der Waals surface area contributed by atoms with E-state index in [9.17, 15) is 13.9 Å². The Morgan fingerprint density at radius 3 is 2.83 bits per heavy atom. The summed E-state index contributed by atoms with van der Waals surface area (Å²) in [5.74, 6) is -1.87. The number of anilines is 2. The Balaban J connectivity index is 1.66. The van der Waals surface area contributed by atoms with Crippen LogP contribution < -0.4 is 10.2 Å². The van der Waals surface area contributed by atoms with Gasteiger partial charge in [0.25, 0.3) is 5.92 Å². The number of halogens is 2. The van der Waals surface area contributed by atoms with Crippen molar-refractivity contribution in [2.75, 3.05) is 43.9 Å². The lowest BCUT2D eigenvalue weighted by atomic mass is 10.2. The van der Waals surface area contributed by atoms with Crippen LogP contribution in [0.3, 0.4) is 0 Å². The largest absolute Gasteiger partial charge is 0.391 e. The number of alkyl halides is 2. The molecule has 1 aromatic heterocycles. The minimum Gasteiger partial charge on any atom is -0.391 e. The predicted octanol–water partition coefficient (Wildman–Crippen LogP) is 1.04. The number of β-amino-alcohol motifs (C(OH)–C–C–N with tert-alkyl or cyclic N) is 1. The van der Waals surface area contributed by atoms with Crippen molar-refractivity contribution in [3.8, 4) is 0 Å². The molecular weight excluding hydrogens is 304 g/mol. The van der Waals surface area contributed by atoms with Crippen molar-refractivity contribution in [2.24, 2.45) is 5.92 Å². The standard InChI is InChI=1S/C15H23F2N5O/c1-21(2)7-11-3-12(23)8-22(11)14-4-13(19-9-20-14)18-6-10-5-15(10,16)17/h4,9-12,23H,3,5-8H2,1-2H3,(H,18,19,20)/t10?,11-,12-/m1/s1. The second-order valence-corrected chi connectivity index (χ2v) is 6.76. The summed E-state index contributed by atoms with van der Waals surface area (Å²) < 4.78 is 25.9. The van der Waals surface area contributed by atoms with Gasteiger partial charge in [-0.05, 0) is 20.5 Å². The molecule has 0 aromatic carbocycles. The predicted molar refractivity (Wildman–Crippen MR) is 83.9 cm³/mol. The minimum atomic E-state index is -2.53. The van der Waals surface area contributed by atoms with Gasteiger partial charge in [0.15, 0.2) is 0 Å². The molecule has 3 rings (SSSR count). The number of aliphatic hydroxyl groups excluding tert-OH is 1. The number of hydrogen-bond donors (Lipinski definition) is 2. The zero-order valence-electron chi connectivity index (χ0n) is 13.4. The first-order valence-electron chi connectivity index (χ1n) is 7.88. The van der Waals surface area contributed by atoms with E-state index in [0.717, 1.165) is 6.54 Å². The highest BCUT2D eigenvalue weighted by Crippen LogP contribution is 2.48. The zero-order valence-corrected chi connectivity index (χ0v) is 13.4. The summed E-state index contributed by atoms with van der Waals surface area (Å²) >= 11 is 0. The number of rotatable bonds is 6. The highest BCUT2D eigenvalue weighted by Gasteiger charge is 2.56. The lowest BCUT2D eigenvalue weighted by Crippen LogP contribution is -2.38. The summed E-state index contributed by atoms with van der Waals surface area (Å²) in [6.45, 7) is 1.56. The van der Waals surface area contributed by atoms with Crippen molar-refractivity contribution in [3.05, 3.63) is 12.4 Å². The van der Waals surface area contributed by atoms with Gasteiger partial charge in [-0.25, -0.2) is 18.7 Å². The maximum atomic E-state index is 12.9. The quantitative estimate of drug-likeness (QED) is 0.814. The first kappa shape index (κ1) is 16.3. The van der Waals surface area contributed by atoms with E-state index in [2.05, 4.69) is 25.1 Å². The summed E-state index contributed by atoms with van der Waals surface area (Å²) in [7, 11) is 3.98. The van der Waals surface area contributed by atoms with Crippen molar-refractivity contribution in [3.63, 3.8) is 0 Å².